The van der Waals surface area contributed by atoms with Gasteiger partial charge in [-0.3, -0.25) is 0 Å². The average Bonchev–Trinajstić information content (AvgIpc) is 3.07. The normalized spacial score (nSPS) is 11.3. The zero-order chi connectivity index (χ0) is 21.0. The van der Waals surface area contributed by atoms with Crippen molar-refractivity contribution < 1.29 is 10.2 Å². The van der Waals surface area contributed by atoms with E-state index in [1.807, 2.05) is 45.2 Å². The third kappa shape index (κ3) is 4.49. The molecule has 3 aromatic rings. The predicted octanol–water partition coefficient (Wildman–Crippen LogP) is 2.07. The van der Waals surface area contributed by atoms with E-state index in [2.05, 4.69) is 20.8 Å². The molecule has 8 heteroatoms. The molecule has 3 rings (SSSR count). The zero-order valence-corrected chi connectivity index (χ0v) is 16.9. The fourth-order valence-electron chi connectivity index (χ4n) is 3.16. The molecule has 0 unspecified atom stereocenters. The molecule has 154 valence electrons. The molecular weight excluding hydrogens is 370 g/mol. The van der Waals surface area contributed by atoms with Gasteiger partial charge in [0.1, 0.15) is 11.5 Å². The summed E-state index contributed by atoms with van der Waals surface area (Å²) in [5.74, 6) is 0.204. The number of nitrogens with zero attached hydrogens (tertiary/aromatic N) is 2. The van der Waals surface area contributed by atoms with Gasteiger partial charge in [-0.05, 0) is 42.3 Å². The summed E-state index contributed by atoms with van der Waals surface area (Å²) in [6.45, 7) is 6.36. The van der Waals surface area contributed by atoms with Crippen molar-refractivity contribution in [2.24, 2.45) is 0 Å². The van der Waals surface area contributed by atoms with Crippen molar-refractivity contribution in [2.45, 2.75) is 26.3 Å². The van der Waals surface area contributed by atoms with Crippen LogP contribution in [0.5, 0.6) is 11.5 Å². The second-order valence-electron chi connectivity index (χ2n) is 7.22. The van der Waals surface area contributed by atoms with Crippen LogP contribution in [-0.4, -0.2) is 45.1 Å². The van der Waals surface area contributed by atoms with Crippen molar-refractivity contribution in [3.8, 4) is 28.6 Å². The van der Waals surface area contributed by atoms with Crippen LogP contribution in [0.3, 0.4) is 0 Å². The first-order valence-electron chi connectivity index (χ1n) is 9.60. The van der Waals surface area contributed by atoms with Gasteiger partial charge in [0.05, 0.1) is 11.3 Å². The maximum Gasteiger partial charge on any atom is 0.348 e. The summed E-state index contributed by atoms with van der Waals surface area (Å²) < 4.78 is 1.41. The highest BCUT2D eigenvalue weighted by molar-refractivity contribution is 5.69. The summed E-state index contributed by atoms with van der Waals surface area (Å²) in [6, 6.07) is 10.5. The summed E-state index contributed by atoms with van der Waals surface area (Å²) in [5.41, 5.74) is 2.37. The first kappa shape index (κ1) is 20.6. The Bertz CT molecular complexity index is 1020. The first-order chi connectivity index (χ1) is 13.9. The molecule has 0 atom stereocenters. The molecule has 1 heterocycles. The van der Waals surface area contributed by atoms with Crippen LogP contribution in [0.15, 0.2) is 41.2 Å². The Labute approximate surface area is 169 Å². The van der Waals surface area contributed by atoms with Crippen LogP contribution in [0, 0.1) is 0 Å². The third-order valence-corrected chi connectivity index (χ3v) is 4.76. The van der Waals surface area contributed by atoms with Gasteiger partial charge < -0.3 is 20.8 Å². The van der Waals surface area contributed by atoms with E-state index >= 15 is 0 Å². The van der Waals surface area contributed by atoms with Gasteiger partial charge in [-0.2, -0.15) is 5.10 Å². The molecule has 0 aliphatic heterocycles. The molecule has 0 spiro atoms. The molecule has 1 aromatic heterocycles. The summed E-state index contributed by atoms with van der Waals surface area (Å²) in [7, 11) is 1.91. The van der Waals surface area contributed by atoms with Crippen LogP contribution < -0.4 is 16.3 Å². The molecule has 0 saturated heterocycles. The van der Waals surface area contributed by atoms with Gasteiger partial charge in [0.25, 0.3) is 0 Å². The molecule has 5 N–H and O–H groups in total. The fourth-order valence-corrected chi connectivity index (χ4v) is 3.16. The Morgan fingerprint density at radius 1 is 1.10 bits per heavy atom. The molecular formula is C21H27N5O3. The predicted molar refractivity (Wildman–Crippen MR) is 113 cm³/mol. The van der Waals surface area contributed by atoms with Crippen molar-refractivity contribution >= 4 is 0 Å². The monoisotopic (exact) mass is 397 g/mol. The highest BCUT2D eigenvalue weighted by atomic mass is 16.3. The summed E-state index contributed by atoms with van der Waals surface area (Å²) >= 11 is 0. The summed E-state index contributed by atoms with van der Waals surface area (Å²) in [6.07, 6.45) is 0. The molecule has 0 radical (unpaired) electrons. The Kier molecular flexibility index (Phi) is 6.36. The van der Waals surface area contributed by atoms with Gasteiger partial charge in [-0.15, -0.1) is 0 Å². The lowest BCUT2D eigenvalue weighted by Crippen LogP contribution is -2.24. The Morgan fingerprint density at radius 2 is 1.83 bits per heavy atom. The van der Waals surface area contributed by atoms with Crippen LogP contribution in [0.4, 0.5) is 0 Å². The number of H-pyrrole nitrogens is 1. The van der Waals surface area contributed by atoms with Gasteiger partial charge in [-0.1, -0.05) is 26.0 Å². The van der Waals surface area contributed by atoms with E-state index in [1.165, 1.54) is 10.6 Å². The molecule has 2 aromatic carbocycles. The van der Waals surface area contributed by atoms with Crippen molar-refractivity contribution in [3.05, 3.63) is 58.0 Å². The number of hydrogen-bond donors (Lipinski definition) is 5. The molecule has 0 amide bonds. The lowest BCUT2D eigenvalue weighted by molar-refractivity contribution is 0.444. The van der Waals surface area contributed by atoms with Crippen molar-refractivity contribution in [1.82, 2.24) is 25.4 Å². The SMILES string of the molecule is CNCCNCc1ccc(-n2c(-c3cc(C(C)C)c(O)cc3O)n[nH]c2=O)cc1. The second kappa shape index (κ2) is 8.93. The van der Waals surface area contributed by atoms with Crippen LogP contribution >= 0.6 is 0 Å². The summed E-state index contributed by atoms with van der Waals surface area (Å²) in [5, 5.41) is 33.4. The number of phenols is 2. The number of aromatic nitrogens is 3. The molecule has 0 aliphatic rings. The van der Waals surface area contributed by atoms with E-state index in [1.54, 1.807) is 6.07 Å². The minimum atomic E-state index is -0.404. The van der Waals surface area contributed by atoms with Crippen molar-refractivity contribution in [2.75, 3.05) is 20.1 Å². The number of phenolic OH excluding ortho intramolecular Hbond substituents is 2. The lowest BCUT2D eigenvalue weighted by atomic mass is 9.98. The van der Waals surface area contributed by atoms with Gasteiger partial charge in [-0.25, -0.2) is 14.5 Å². The minimum absolute atomic E-state index is 0.0146. The number of aromatic amines is 1. The molecule has 29 heavy (non-hydrogen) atoms. The Balaban J connectivity index is 1.95. The first-order valence-corrected chi connectivity index (χ1v) is 9.60. The summed E-state index contributed by atoms with van der Waals surface area (Å²) in [4.78, 5) is 12.4. The zero-order valence-electron chi connectivity index (χ0n) is 16.9. The van der Waals surface area contributed by atoms with Gasteiger partial charge in [0, 0.05) is 25.7 Å². The van der Waals surface area contributed by atoms with Crippen molar-refractivity contribution in [3.63, 3.8) is 0 Å². The number of aromatic hydroxyl groups is 2. The van der Waals surface area contributed by atoms with Crippen LogP contribution in [0.2, 0.25) is 0 Å². The van der Waals surface area contributed by atoms with Crippen LogP contribution in [0.25, 0.3) is 17.1 Å². The van der Waals surface area contributed by atoms with Crippen LogP contribution in [0.1, 0.15) is 30.9 Å². The second-order valence-corrected chi connectivity index (χ2v) is 7.22. The maximum absolute atomic E-state index is 12.4. The molecule has 0 fully saturated rings. The molecule has 0 aliphatic carbocycles. The van der Waals surface area contributed by atoms with Gasteiger partial charge in [0.15, 0.2) is 5.82 Å². The van der Waals surface area contributed by atoms with E-state index in [0.717, 1.165) is 25.2 Å². The largest absolute Gasteiger partial charge is 0.508 e. The molecule has 8 nitrogen and oxygen atoms in total. The van der Waals surface area contributed by atoms with E-state index < -0.39 is 5.69 Å². The number of hydrogen-bond acceptors (Lipinski definition) is 6. The molecule has 0 bridgehead atoms. The maximum atomic E-state index is 12.4. The Morgan fingerprint density at radius 3 is 2.48 bits per heavy atom. The van der Waals surface area contributed by atoms with Crippen LogP contribution in [-0.2, 0) is 6.54 Å². The number of nitrogens with one attached hydrogen (secondary N) is 3. The smallest absolute Gasteiger partial charge is 0.348 e. The topological polar surface area (TPSA) is 115 Å². The van der Waals surface area contributed by atoms with E-state index in [4.69, 9.17) is 0 Å². The number of likely N-dealkylation sites (N-methyl/N-ethyl adjacent to an activating group) is 1. The quantitative estimate of drug-likeness (QED) is 0.372. The fraction of sp³-hybridized carbons (Fsp3) is 0.333. The van der Waals surface area contributed by atoms with E-state index in [-0.39, 0.29) is 23.2 Å². The number of rotatable bonds is 8. The average molecular weight is 397 g/mol. The third-order valence-electron chi connectivity index (χ3n) is 4.76. The standard InChI is InChI=1S/C21H27N5O3/c1-13(2)16-10-17(19(28)11-18(16)27)20-24-25-21(29)26(20)15-6-4-14(5-7-15)12-23-9-8-22-3/h4-7,10-11,13,22-23,27-28H,8-9,12H2,1-3H3,(H,25,29). The van der Waals surface area contributed by atoms with Gasteiger partial charge in [0.2, 0.25) is 0 Å². The number of benzene rings is 2. The highest BCUT2D eigenvalue weighted by Gasteiger charge is 2.19. The van der Waals surface area contributed by atoms with Crippen molar-refractivity contribution in [1.29, 1.82) is 0 Å². The van der Waals surface area contributed by atoms with E-state index in [9.17, 15) is 15.0 Å². The Hall–Kier alpha value is -3.10. The lowest BCUT2D eigenvalue weighted by Gasteiger charge is -2.13. The minimum Gasteiger partial charge on any atom is -0.508 e. The van der Waals surface area contributed by atoms with E-state index in [0.29, 0.717) is 16.8 Å². The van der Waals surface area contributed by atoms with Gasteiger partial charge >= 0.3 is 5.69 Å². The highest BCUT2D eigenvalue weighted by Crippen LogP contribution is 2.37. The molecule has 0 saturated carbocycles.